The van der Waals surface area contributed by atoms with Gasteiger partial charge in [0.2, 0.25) is 0 Å². The van der Waals surface area contributed by atoms with Crippen LogP contribution in [0.2, 0.25) is 0 Å². The van der Waals surface area contributed by atoms with E-state index in [1.807, 2.05) is 31.1 Å². The highest BCUT2D eigenvalue weighted by molar-refractivity contribution is 6.05. The highest BCUT2D eigenvalue weighted by Gasteiger charge is 2.32. The molecule has 2 aliphatic heterocycles. The molecule has 0 spiro atoms. The van der Waals surface area contributed by atoms with Gasteiger partial charge in [0.15, 0.2) is 0 Å². The monoisotopic (exact) mass is 538 g/mol. The number of carbonyl (C=O) groups is 1. The average molecular weight is 539 g/mol. The molecular weight excluding hydrogens is 509 g/mol. The maximum atomic E-state index is 13.8. The molecule has 0 aliphatic carbocycles. The number of anilines is 3. The van der Waals surface area contributed by atoms with E-state index in [4.69, 9.17) is 0 Å². The van der Waals surface area contributed by atoms with Crippen LogP contribution >= 0.6 is 0 Å². The highest BCUT2D eigenvalue weighted by Crippen LogP contribution is 2.34. The maximum Gasteiger partial charge on any atom is 0.416 e. The number of likely N-dealkylation sites (N-methyl/N-ethyl adjacent to an activating group) is 1. The highest BCUT2D eigenvalue weighted by atomic mass is 19.4. The zero-order valence-electron chi connectivity index (χ0n) is 21.6. The van der Waals surface area contributed by atoms with Gasteiger partial charge in [-0.2, -0.15) is 13.2 Å². The lowest BCUT2D eigenvalue weighted by Crippen LogP contribution is -2.36. The van der Waals surface area contributed by atoms with Gasteiger partial charge in [0.05, 0.1) is 16.9 Å². The molecule has 9 nitrogen and oxygen atoms in total. The molecule has 5 rings (SSSR count). The van der Waals surface area contributed by atoms with E-state index in [0.29, 0.717) is 24.5 Å². The predicted molar refractivity (Wildman–Crippen MR) is 144 cm³/mol. The Bertz CT molecular complexity index is 1380. The molecule has 12 heteroatoms. The molecule has 1 aromatic heterocycles. The SMILES string of the molecule is Cc1ccc(NC(=O)c2cc(N3CCCN(C)CC3)cc(C(F)(F)F)c2)cc1N1C=C(c2cncnc2)NN1. The molecule has 204 valence electrons. The Morgan fingerprint density at radius 3 is 2.59 bits per heavy atom. The first-order chi connectivity index (χ1) is 18.7. The van der Waals surface area contributed by atoms with Crippen LogP contribution in [0, 0.1) is 6.92 Å². The molecule has 2 aromatic carbocycles. The van der Waals surface area contributed by atoms with Gasteiger partial charge in [0.1, 0.15) is 6.33 Å². The van der Waals surface area contributed by atoms with Gasteiger partial charge in [-0.15, -0.1) is 5.53 Å². The normalized spacial score (nSPS) is 16.5. The summed E-state index contributed by atoms with van der Waals surface area (Å²) in [6, 6.07) is 8.86. The van der Waals surface area contributed by atoms with Gasteiger partial charge in [0, 0.05) is 60.7 Å². The smallest absolute Gasteiger partial charge is 0.370 e. The minimum atomic E-state index is -4.58. The van der Waals surface area contributed by atoms with Crippen molar-refractivity contribution in [3.63, 3.8) is 0 Å². The zero-order valence-corrected chi connectivity index (χ0v) is 21.6. The van der Waals surface area contributed by atoms with E-state index in [9.17, 15) is 18.0 Å². The number of rotatable bonds is 5. The maximum absolute atomic E-state index is 13.8. The number of benzene rings is 2. The fourth-order valence-corrected chi connectivity index (χ4v) is 4.57. The van der Waals surface area contributed by atoms with E-state index in [1.165, 1.54) is 12.4 Å². The number of nitrogens with one attached hydrogen (secondary N) is 3. The summed E-state index contributed by atoms with van der Waals surface area (Å²) in [5, 5.41) is 4.51. The third-order valence-corrected chi connectivity index (χ3v) is 6.76. The Hall–Kier alpha value is -4.16. The van der Waals surface area contributed by atoms with Crippen molar-refractivity contribution in [1.82, 2.24) is 25.8 Å². The molecule has 2 aliphatic rings. The summed E-state index contributed by atoms with van der Waals surface area (Å²) in [5.74, 6) is -0.616. The summed E-state index contributed by atoms with van der Waals surface area (Å²) in [6.07, 6.45) is 2.87. The Morgan fingerprint density at radius 1 is 1.03 bits per heavy atom. The number of nitrogens with zero attached hydrogens (tertiary/aromatic N) is 5. The number of aromatic nitrogens is 2. The van der Waals surface area contributed by atoms with Gasteiger partial charge in [-0.25, -0.2) is 9.97 Å². The molecule has 0 unspecified atom stereocenters. The molecular formula is C27H29F3N8O. The minimum Gasteiger partial charge on any atom is -0.370 e. The Kier molecular flexibility index (Phi) is 7.40. The van der Waals surface area contributed by atoms with Crippen LogP contribution in [0.25, 0.3) is 5.70 Å². The average Bonchev–Trinajstić information content (AvgIpc) is 3.31. The number of carbonyl (C=O) groups excluding carboxylic acids is 1. The van der Waals surface area contributed by atoms with Crippen LogP contribution in [0.1, 0.15) is 33.5 Å². The van der Waals surface area contributed by atoms with E-state index in [2.05, 4.69) is 31.1 Å². The van der Waals surface area contributed by atoms with Crippen LogP contribution in [0.3, 0.4) is 0 Å². The quantitative estimate of drug-likeness (QED) is 0.449. The molecule has 39 heavy (non-hydrogen) atoms. The second-order valence-electron chi connectivity index (χ2n) is 9.64. The summed E-state index contributed by atoms with van der Waals surface area (Å²) >= 11 is 0. The second kappa shape index (κ2) is 10.9. The lowest BCUT2D eigenvalue weighted by Gasteiger charge is -2.24. The first kappa shape index (κ1) is 26.4. The summed E-state index contributed by atoms with van der Waals surface area (Å²) < 4.78 is 41.3. The molecule has 3 heterocycles. The number of hydrogen-bond acceptors (Lipinski definition) is 8. The van der Waals surface area contributed by atoms with Gasteiger partial charge < -0.3 is 20.5 Å². The molecule has 1 amide bonds. The molecule has 0 radical (unpaired) electrons. The number of amides is 1. The second-order valence-corrected chi connectivity index (χ2v) is 9.64. The van der Waals surface area contributed by atoms with Gasteiger partial charge in [-0.3, -0.25) is 9.80 Å². The number of aryl methyl sites for hydroxylation is 1. The number of hydrogen-bond donors (Lipinski definition) is 3. The van der Waals surface area contributed by atoms with Crippen molar-refractivity contribution in [2.75, 3.05) is 48.5 Å². The van der Waals surface area contributed by atoms with Crippen LogP contribution in [0.15, 0.2) is 61.3 Å². The topological polar surface area (TPSA) is 88.7 Å². The van der Waals surface area contributed by atoms with E-state index in [0.717, 1.165) is 54.2 Å². The predicted octanol–water partition coefficient (Wildman–Crippen LogP) is 4.03. The van der Waals surface area contributed by atoms with E-state index < -0.39 is 17.6 Å². The van der Waals surface area contributed by atoms with E-state index in [-0.39, 0.29) is 5.56 Å². The van der Waals surface area contributed by atoms with Crippen molar-refractivity contribution in [2.24, 2.45) is 0 Å². The first-order valence-corrected chi connectivity index (χ1v) is 12.5. The van der Waals surface area contributed by atoms with Crippen LogP contribution in [-0.2, 0) is 6.18 Å². The zero-order chi connectivity index (χ0) is 27.6. The lowest BCUT2D eigenvalue weighted by atomic mass is 10.1. The van der Waals surface area contributed by atoms with Gasteiger partial charge in [0.25, 0.3) is 5.91 Å². The van der Waals surface area contributed by atoms with Crippen LogP contribution in [0.4, 0.5) is 30.2 Å². The van der Waals surface area contributed by atoms with Crippen molar-refractivity contribution in [3.8, 4) is 0 Å². The fraction of sp³-hybridized carbons (Fsp3) is 0.296. The number of halogens is 3. The van der Waals surface area contributed by atoms with Crippen molar-refractivity contribution in [3.05, 3.63) is 83.6 Å². The third-order valence-electron chi connectivity index (χ3n) is 6.76. The molecule has 0 atom stereocenters. The molecule has 0 bridgehead atoms. The van der Waals surface area contributed by atoms with Crippen LogP contribution in [0.5, 0.6) is 0 Å². The Labute approximate surface area is 224 Å². The third kappa shape index (κ3) is 6.13. The van der Waals surface area contributed by atoms with Gasteiger partial charge >= 0.3 is 6.18 Å². The molecule has 3 aromatic rings. The minimum absolute atomic E-state index is 0.0493. The number of hydrazine groups is 2. The summed E-state index contributed by atoms with van der Waals surface area (Å²) in [5.41, 5.74) is 9.23. The van der Waals surface area contributed by atoms with E-state index >= 15 is 0 Å². The molecule has 3 N–H and O–H groups in total. The van der Waals surface area contributed by atoms with Crippen molar-refractivity contribution < 1.29 is 18.0 Å². The fourth-order valence-electron chi connectivity index (χ4n) is 4.57. The van der Waals surface area contributed by atoms with Gasteiger partial charge in [-0.1, -0.05) is 6.07 Å². The van der Waals surface area contributed by atoms with Crippen molar-refractivity contribution >= 4 is 28.7 Å². The summed E-state index contributed by atoms with van der Waals surface area (Å²) in [6.45, 7) is 4.72. The number of alkyl halides is 3. The lowest BCUT2D eigenvalue weighted by molar-refractivity contribution is -0.137. The standard InChI is InChI=1S/C27H29F3N8O/c1-18-4-5-22(13-25(18)38-16-24(34-35-38)20-14-31-17-32-15-20)33-26(39)19-10-21(27(28,29)30)12-23(11-19)37-7-3-6-36(2)8-9-37/h4-5,10-17,34-35H,3,6-9H2,1-2H3,(H,33,39). The van der Waals surface area contributed by atoms with Crippen LogP contribution < -0.4 is 26.2 Å². The van der Waals surface area contributed by atoms with Crippen LogP contribution in [-0.4, -0.2) is 54.0 Å². The Balaban J connectivity index is 1.39. The van der Waals surface area contributed by atoms with Crippen molar-refractivity contribution in [1.29, 1.82) is 0 Å². The van der Waals surface area contributed by atoms with E-state index in [1.54, 1.807) is 29.5 Å². The molecule has 1 saturated heterocycles. The van der Waals surface area contributed by atoms with Gasteiger partial charge in [-0.05, 0) is 62.8 Å². The summed E-state index contributed by atoms with van der Waals surface area (Å²) in [4.78, 5) is 25.3. The molecule has 0 saturated carbocycles. The molecule has 1 fully saturated rings. The Morgan fingerprint density at radius 2 is 1.82 bits per heavy atom. The largest absolute Gasteiger partial charge is 0.416 e. The summed E-state index contributed by atoms with van der Waals surface area (Å²) in [7, 11) is 1.99. The van der Waals surface area contributed by atoms with Crippen molar-refractivity contribution in [2.45, 2.75) is 19.5 Å². The first-order valence-electron chi connectivity index (χ1n) is 12.5.